The van der Waals surface area contributed by atoms with Crippen LogP contribution in [0.5, 0.6) is 0 Å². The number of carbonyl (C=O) groups excluding carboxylic acids is 1. The molecule has 0 aromatic rings. The third-order valence-electron chi connectivity index (χ3n) is 1.74. The fourth-order valence-electron chi connectivity index (χ4n) is 1.05. The molecule has 0 unspecified atom stereocenters. The molecular formula is C10H14NaO7S. The minimum atomic E-state index is -4.13. The van der Waals surface area contributed by atoms with E-state index in [4.69, 9.17) is 9.66 Å². The summed E-state index contributed by atoms with van der Waals surface area (Å²) >= 11 is 0. The molecule has 0 heterocycles. The summed E-state index contributed by atoms with van der Waals surface area (Å²) in [5.74, 6) is -2.75. The average molecular weight is 301 g/mol. The van der Waals surface area contributed by atoms with E-state index in [-0.39, 0.29) is 54.6 Å². The maximum atomic E-state index is 11.4. The molecule has 0 saturated heterocycles. The number of aliphatic carboxylic acids is 1. The first-order valence-electron chi connectivity index (χ1n) is 4.93. The second kappa shape index (κ2) is 10.2. The standard InChI is InChI=1S/C10H14O7S.Na/c1-2-5-17-10(13)8(7-9(11)12)4-3-6-18(14,15)16;/h2,7H,1,3-6H2,(H,11,12)(H,14,15,16);. The molecule has 0 aliphatic rings. The van der Waals surface area contributed by atoms with Crippen LogP contribution in [-0.4, -0.2) is 71.9 Å². The van der Waals surface area contributed by atoms with E-state index in [9.17, 15) is 18.0 Å². The van der Waals surface area contributed by atoms with Gasteiger partial charge >= 0.3 is 11.9 Å². The maximum absolute atomic E-state index is 11.4. The molecule has 0 aliphatic carbocycles. The summed E-state index contributed by atoms with van der Waals surface area (Å²) in [6.45, 7) is 3.25. The molecule has 0 rings (SSSR count). The van der Waals surface area contributed by atoms with E-state index in [1.54, 1.807) is 0 Å². The summed E-state index contributed by atoms with van der Waals surface area (Å²) in [5, 5.41) is 8.55. The largest absolute Gasteiger partial charge is 0.478 e. The summed E-state index contributed by atoms with van der Waals surface area (Å²) in [6.07, 6.45) is 1.76. The smallest absolute Gasteiger partial charge is 0.334 e. The molecule has 1 radical (unpaired) electrons. The molecule has 9 heteroatoms. The molecule has 0 aliphatic heterocycles. The van der Waals surface area contributed by atoms with Gasteiger partial charge in [-0.05, 0) is 12.8 Å². The van der Waals surface area contributed by atoms with Crippen molar-refractivity contribution in [2.75, 3.05) is 12.4 Å². The Hall–Kier alpha value is -0.670. The number of carboxylic acids is 1. The number of hydrogen-bond acceptors (Lipinski definition) is 5. The quantitative estimate of drug-likeness (QED) is 0.213. The third kappa shape index (κ3) is 12.1. The van der Waals surface area contributed by atoms with Gasteiger partial charge in [0.2, 0.25) is 0 Å². The number of rotatable bonds is 8. The molecule has 0 fully saturated rings. The molecule has 19 heavy (non-hydrogen) atoms. The number of esters is 1. The minimum absolute atomic E-state index is 0. The van der Waals surface area contributed by atoms with Crippen molar-refractivity contribution in [1.82, 2.24) is 0 Å². The van der Waals surface area contributed by atoms with E-state index >= 15 is 0 Å². The van der Waals surface area contributed by atoms with Crippen LogP contribution in [0.3, 0.4) is 0 Å². The Labute approximate surface area is 133 Å². The van der Waals surface area contributed by atoms with Crippen molar-refractivity contribution in [1.29, 1.82) is 0 Å². The van der Waals surface area contributed by atoms with E-state index in [2.05, 4.69) is 11.3 Å². The summed E-state index contributed by atoms with van der Waals surface area (Å²) in [7, 11) is -4.13. The summed E-state index contributed by atoms with van der Waals surface area (Å²) < 4.78 is 34.1. The topological polar surface area (TPSA) is 118 Å². The minimum Gasteiger partial charge on any atom is -0.478 e. The van der Waals surface area contributed by atoms with Gasteiger partial charge in [0.05, 0.1) is 5.75 Å². The first-order valence-corrected chi connectivity index (χ1v) is 6.54. The monoisotopic (exact) mass is 301 g/mol. The van der Waals surface area contributed by atoms with E-state index in [0.29, 0.717) is 6.08 Å². The molecule has 0 aromatic heterocycles. The van der Waals surface area contributed by atoms with Gasteiger partial charge in [-0.2, -0.15) is 8.42 Å². The van der Waals surface area contributed by atoms with Crippen LogP contribution in [0, 0.1) is 0 Å². The zero-order valence-electron chi connectivity index (χ0n) is 10.5. The van der Waals surface area contributed by atoms with Crippen LogP contribution in [0.4, 0.5) is 0 Å². The van der Waals surface area contributed by atoms with Crippen LogP contribution in [0.1, 0.15) is 12.8 Å². The molecule has 0 bridgehead atoms. The van der Waals surface area contributed by atoms with Crippen molar-refractivity contribution >= 4 is 51.6 Å². The van der Waals surface area contributed by atoms with Crippen molar-refractivity contribution in [2.24, 2.45) is 0 Å². The molecule has 0 saturated carbocycles. The molecule has 0 atom stereocenters. The fourth-order valence-corrected chi connectivity index (χ4v) is 1.56. The van der Waals surface area contributed by atoms with Gasteiger partial charge in [0.1, 0.15) is 6.61 Å². The van der Waals surface area contributed by atoms with Gasteiger partial charge < -0.3 is 9.84 Å². The molecule has 2 N–H and O–H groups in total. The fraction of sp³-hybridized carbons (Fsp3) is 0.400. The Balaban J connectivity index is 0. The van der Waals surface area contributed by atoms with Crippen molar-refractivity contribution in [3.05, 3.63) is 24.3 Å². The zero-order chi connectivity index (χ0) is 14.2. The predicted octanol–water partition coefficient (Wildman–Crippen LogP) is 0.0138. The maximum Gasteiger partial charge on any atom is 0.334 e. The van der Waals surface area contributed by atoms with E-state index < -0.39 is 27.8 Å². The van der Waals surface area contributed by atoms with Gasteiger partial charge in [-0.1, -0.05) is 12.7 Å². The van der Waals surface area contributed by atoms with Crippen molar-refractivity contribution < 1.29 is 32.4 Å². The molecule has 0 amide bonds. The number of carbonyl (C=O) groups is 2. The van der Waals surface area contributed by atoms with E-state index in [0.717, 1.165) is 0 Å². The molecule has 7 nitrogen and oxygen atoms in total. The van der Waals surface area contributed by atoms with Crippen LogP contribution in [0.2, 0.25) is 0 Å². The van der Waals surface area contributed by atoms with Gasteiger partial charge in [-0.25, -0.2) is 9.59 Å². The normalized spacial score (nSPS) is 11.3. The number of carboxylic acid groups (broad SMARTS) is 1. The second-order valence-corrected chi connectivity index (χ2v) is 4.86. The van der Waals surface area contributed by atoms with Crippen LogP contribution < -0.4 is 0 Å². The Kier molecular flexibility index (Phi) is 11.0. The van der Waals surface area contributed by atoms with Crippen LogP contribution in [0.25, 0.3) is 0 Å². The van der Waals surface area contributed by atoms with Gasteiger partial charge in [-0.15, -0.1) is 0 Å². The second-order valence-electron chi connectivity index (χ2n) is 3.28. The Morgan fingerprint density at radius 2 is 1.89 bits per heavy atom. The van der Waals surface area contributed by atoms with Crippen LogP contribution in [-0.2, 0) is 24.4 Å². The summed E-state index contributed by atoms with van der Waals surface area (Å²) in [5.41, 5.74) is -0.173. The van der Waals surface area contributed by atoms with Gasteiger partial charge in [0, 0.05) is 41.2 Å². The Morgan fingerprint density at radius 1 is 1.32 bits per heavy atom. The Bertz CT molecular complexity index is 452. The molecule has 0 spiro atoms. The summed E-state index contributed by atoms with van der Waals surface area (Å²) in [6, 6.07) is 0. The predicted molar refractivity (Wildman–Crippen MR) is 68.3 cm³/mol. The SMILES string of the molecule is C=CCOC(=O)C(=CC(=O)O)CCCS(=O)(=O)O.[Na]. The molecular weight excluding hydrogens is 287 g/mol. The van der Waals surface area contributed by atoms with Crippen LogP contribution >= 0.6 is 0 Å². The zero-order valence-corrected chi connectivity index (χ0v) is 13.4. The Morgan fingerprint density at radius 3 is 2.32 bits per heavy atom. The van der Waals surface area contributed by atoms with Crippen molar-refractivity contribution in [2.45, 2.75) is 12.8 Å². The summed E-state index contributed by atoms with van der Waals surface area (Å²) in [4.78, 5) is 21.9. The van der Waals surface area contributed by atoms with Crippen molar-refractivity contribution in [3.63, 3.8) is 0 Å². The average Bonchev–Trinajstić information content (AvgIpc) is 2.22. The van der Waals surface area contributed by atoms with Gasteiger partial charge in [0.25, 0.3) is 10.1 Å². The molecule has 0 aromatic carbocycles. The number of ether oxygens (including phenoxy) is 1. The van der Waals surface area contributed by atoms with Gasteiger partial charge in [0.15, 0.2) is 0 Å². The number of hydrogen-bond donors (Lipinski definition) is 2. The first kappa shape index (κ1) is 20.6. The van der Waals surface area contributed by atoms with Crippen LogP contribution in [0.15, 0.2) is 24.3 Å². The van der Waals surface area contributed by atoms with Gasteiger partial charge in [-0.3, -0.25) is 4.55 Å². The third-order valence-corrected chi connectivity index (χ3v) is 2.55. The van der Waals surface area contributed by atoms with Crippen molar-refractivity contribution in [3.8, 4) is 0 Å². The molecule has 103 valence electrons. The van der Waals surface area contributed by atoms with E-state index in [1.165, 1.54) is 6.08 Å². The van der Waals surface area contributed by atoms with E-state index in [1.807, 2.05) is 0 Å². The first-order chi connectivity index (χ1) is 8.26.